The van der Waals surface area contributed by atoms with Crippen LogP contribution in [0.4, 0.5) is 11.5 Å². The third-order valence-corrected chi connectivity index (χ3v) is 5.93. The Morgan fingerprint density at radius 3 is 2.81 bits per heavy atom. The number of hydrogen-bond acceptors (Lipinski definition) is 5. The van der Waals surface area contributed by atoms with Gasteiger partial charge in [-0.25, -0.2) is 9.97 Å². The number of hydrogen-bond donors (Lipinski definition) is 2. The van der Waals surface area contributed by atoms with Gasteiger partial charge in [0.05, 0.1) is 12.3 Å². The maximum atomic E-state index is 9.45. The van der Waals surface area contributed by atoms with Gasteiger partial charge < -0.3 is 15.3 Å². The number of rotatable bonds is 4. The normalized spacial score (nSPS) is 16.9. The minimum atomic E-state index is 0.110. The first-order valence-corrected chi connectivity index (χ1v) is 10.3. The molecular formula is C21H27ClN4O. The summed E-state index contributed by atoms with van der Waals surface area (Å²) in [6.07, 6.45) is 6.98. The van der Waals surface area contributed by atoms with E-state index in [0.29, 0.717) is 12.5 Å². The molecule has 0 radical (unpaired) electrons. The zero-order valence-corrected chi connectivity index (χ0v) is 16.6. The van der Waals surface area contributed by atoms with Crippen LogP contribution in [-0.2, 0) is 6.42 Å². The van der Waals surface area contributed by atoms with Crippen molar-refractivity contribution in [1.82, 2.24) is 9.97 Å². The van der Waals surface area contributed by atoms with Gasteiger partial charge in [0.25, 0.3) is 0 Å². The Labute approximate surface area is 165 Å². The van der Waals surface area contributed by atoms with Gasteiger partial charge in [0, 0.05) is 47.9 Å². The molecule has 6 heteroatoms. The van der Waals surface area contributed by atoms with E-state index in [0.717, 1.165) is 65.0 Å². The molecule has 1 aromatic carbocycles. The van der Waals surface area contributed by atoms with Crippen LogP contribution in [0.25, 0.3) is 11.3 Å². The third-order valence-electron chi connectivity index (χ3n) is 5.70. The van der Waals surface area contributed by atoms with Gasteiger partial charge in [-0.15, -0.1) is 0 Å². The van der Waals surface area contributed by atoms with Crippen molar-refractivity contribution in [2.75, 3.05) is 37.0 Å². The number of aliphatic hydroxyl groups excluding tert-OH is 1. The van der Waals surface area contributed by atoms with Gasteiger partial charge in [0.15, 0.2) is 0 Å². The van der Waals surface area contributed by atoms with Crippen molar-refractivity contribution in [3.63, 3.8) is 0 Å². The standard InChI is InChI=1S/C21H27ClN4O/c1-26(11-12-27)21-17-9-10-23-18-13-15(22)7-8-16(18)19(17)24-20(25-21)14-5-3-2-4-6-14/h7-8,13-14,23,27H,2-6,9-12H2,1H3. The maximum absolute atomic E-state index is 9.45. The highest BCUT2D eigenvalue weighted by Gasteiger charge is 2.26. The molecule has 0 amide bonds. The predicted octanol–water partition coefficient (Wildman–Crippen LogP) is 4.24. The predicted molar refractivity (Wildman–Crippen MR) is 111 cm³/mol. The SMILES string of the molecule is CN(CCO)c1nc(C2CCCCC2)nc2c1CCNc1cc(Cl)ccc1-2. The lowest BCUT2D eigenvalue weighted by Crippen LogP contribution is -2.25. The van der Waals surface area contributed by atoms with Crippen molar-refractivity contribution >= 4 is 23.1 Å². The molecule has 0 unspecified atom stereocenters. The summed E-state index contributed by atoms with van der Waals surface area (Å²) in [6.45, 7) is 1.49. The Morgan fingerprint density at radius 1 is 1.22 bits per heavy atom. The van der Waals surface area contributed by atoms with Gasteiger partial charge in [0.2, 0.25) is 0 Å². The molecule has 0 atom stereocenters. The van der Waals surface area contributed by atoms with Gasteiger partial charge in [-0.2, -0.15) is 0 Å². The molecule has 1 aliphatic carbocycles. The van der Waals surface area contributed by atoms with E-state index in [1.807, 2.05) is 19.2 Å². The molecule has 2 N–H and O–H groups in total. The lowest BCUT2D eigenvalue weighted by molar-refractivity contribution is 0.303. The number of aliphatic hydroxyl groups is 1. The number of likely N-dealkylation sites (N-methyl/N-ethyl adjacent to an activating group) is 1. The van der Waals surface area contributed by atoms with Gasteiger partial charge in [-0.1, -0.05) is 30.9 Å². The van der Waals surface area contributed by atoms with Crippen LogP contribution in [0.15, 0.2) is 18.2 Å². The number of nitrogens with one attached hydrogen (secondary N) is 1. The summed E-state index contributed by atoms with van der Waals surface area (Å²) in [7, 11) is 2.00. The Morgan fingerprint density at radius 2 is 2.04 bits per heavy atom. The summed E-state index contributed by atoms with van der Waals surface area (Å²) in [6, 6.07) is 5.96. The first-order valence-electron chi connectivity index (χ1n) is 9.94. The van der Waals surface area contributed by atoms with Crippen molar-refractivity contribution < 1.29 is 5.11 Å². The van der Waals surface area contributed by atoms with Gasteiger partial charge in [0.1, 0.15) is 11.6 Å². The lowest BCUT2D eigenvalue weighted by atomic mass is 9.88. The average molecular weight is 387 g/mol. The van der Waals surface area contributed by atoms with Crippen LogP contribution in [0.2, 0.25) is 5.02 Å². The smallest absolute Gasteiger partial charge is 0.136 e. The number of halogens is 1. The fraction of sp³-hybridized carbons (Fsp3) is 0.524. The molecule has 1 fully saturated rings. The summed E-state index contributed by atoms with van der Waals surface area (Å²) < 4.78 is 0. The second-order valence-electron chi connectivity index (χ2n) is 7.58. The zero-order valence-electron chi connectivity index (χ0n) is 15.8. The van der Waals surface area contributed by atoms with E-state index >= 15 is 0 Å². The summed E-state index contributed by atoms with van der Waals surface area (Å²) in [5, 5.41) is 13.7. The molecule has 0 saturated heterocycles. The molecule has 1 saturated carbocycles. The van der Waals surface area contributed by atoms with E-state index in [-0.39, 0.29) is 6.61 Å². The second-order valence-corrected chi connectivity index (χ2v) is 8.02. The summed E-state index contributed by atoms with van der Waals surface area (Å²) in [5.41, 5.74) is 4.29. The molecule has 2 heterocycles. The highest BCUT2D eigenvalue weighted by Crippen LogP contribution is 2.39. The lowest BCUT2D eigenvalue weighted by Gasteiger charge is -2.26. The van der Waals surface area contributed by atoms with Crippen molar-refractivity contribution in [2.24, 2.45) is 0 Å². The first kappa shape index (κ1) is 18.5. The quantitative estimate of drug-likeness (QED) is 0.822. The van der Waals surface area contributed by atoms with Crippen LogP contribution in [0.3, 0.4) is 0 Å². The highest BCUT2D eigenvalue weighted by molar-refractivity contribution is 6.31. The maximum Gasteiger partial charge on any atom is 0.136 e. The van der Waals surface area contributed by atoms with Gasteiger partial charge in [-0.3, -0.25) is 0 Å². The molecule has 4 rings (SSSR count). The molecule has 144 valence electrons. The monoisotopic (exact) mass is 386 g/mol. The summed E-state index contributed by atoms with van der Waals surface area (Å²) >= 11 is 6.22. The molecule has 0 spiro atoms. The third kappa shape index (κ3) is 3.76. The molecule has 27 heavy (non-hydrogen) atoms. The minimum absolute atomic E-state index is 0.110. The Kier molecular flexibility index (Phi) is 5.50. The fourth-order valence-corrected chi connectivity index (χ4v) is 4.42. The van der Waals surface area contributed by atoms with Crippen LogP contribution in [0.5, 0.6) is 0 Å². The van der Waals surface area contributed by atoms with Crippen molar-refractivity contribution in [3.8, 4) is 11.3 Å². The number of nitrogens with zero attached hydrogens (tertiary/aromatic N) is 3. The van der Waals surface area contributed by atoms with Crippen molar-refractivity contribution in [1.29, 1.82) is 0 Å². The van der Waals surface area contributed by atoms with Crippen molar-refractivity contribution in [3.05, 3.63) is 34.6 Å². The minimum Gasteiger partial charge on any atom is -0.395 e. The van der Waals surface area contributed by atoms with Gasteiger partial charge in [-0.05, 0) is 37.5 Å². The topological polar surface area (TPSA) is 61.3 Å². The van der Waals surface area contributed by atoms with Crippen LogP contribution in [0.1, 0.15) is 49.4 Å². The summed E-state index contributed by atoms with van der Waals surface area (Å²) in [4.78, 5) is 12.2. The van der Waals surface area contributed by atoms with E-state index in [4.69, 9.17) is 21.6 Å². The van der Waals surface area contributed by atoms with E-state index in [1.165, 1.54) is 19.3 Å². The first-order chi connectivity index (χ1) is 13.2. The number of benzene rings is 1. The number of aromatic nitrogens is 2. The second kappa shape index (κ2) is 8.03. The Balaban J connectivity index is 1.87. The van der Waals surface area contributed by atoms with E-state index in [9.17, 15) is 5.11 Å². The van der Waals surface area contributed by atoms with Crippen LogP contribution in [-0.4, -0.2) is 41.8 Å². The summed E-state index contributed by atoms with van der Waals surface area (Å²) in [5.74, 6) is 2.34. The molecule has 0 bridgehead atoms. The number of anilines is 2. The van der Waals surface area contributed by atoms with Gasteiger partial charge >= 0.3 is 0 Å². The van der Waals surface area contributed by atoms with Crippen LogP contribution >= 0.6 is 11.6 Å². The molecular weight excluding hydrogens is 360 g/mol. The molecule has 1 aliphatic heterocycles. The largest absolute Gasteiger partial charge is 0.395 e. The zero-order chi connectivity index (χ0) is 18.8. The van der Waals surface area contributed by atoms with Crippen molar-refractivity contribution in [2.45, 2.75) is 44.4 Å². The molecule has 2 aromatic rings. The average Bonchev–Trinajstić information content (AvgIpc) is 2.86. The van der Waals surface area contributed by atoms with E-state index < -0.39 is 0 Å². The molecule has 1 aromatic heterocycles. The highest BCUT2D eigenvalue weighted by atomic mass is 35.5. The van der Waals surface area contributed by atoms with Crippen LogP contribution in [0, 0.1) is 0 Å². The number of fused-ring (bicyclic) bond motifs is 3. The fourth-order valence-electron chi connectivity index (χ4n) is 4.25. The van der Waals surface area contributed by atoms with Crippen LogP contribution < -0.4 is 10.2 Å². The molecule has 2 aliphatic rings. The van der Waals surface area contributed by atoms with E-state index in [1.54, 1.807) is 0 Å². The Hall–Kier alpha value is -1.85. The van der Waals surface area contributed by atoms with E-state index in [2.05, 4.69) is 16.3 Å². The molecule has 5 nitrogen and oxygen atoms in total. The Bertz CT molecular complexity index is 820.